The van der Waals surface area contributed by atoms with Crippen molar-refractivity contribution >= 4 is 0 Å². The normalized spacial score (nSPS) is 26.8. The van der Waals surface area contributed by atoms with Crippen molar-refractivity contribution in [2.24, 2.45) is 7.05 Å². The molecule has 3 nitrogen and oxygen atoms in total. The third-order valence-electron chi connectivity index (χ3n) is 3.38. The van der Waals surface area contributed by atoms with Crippen LogP contribution in [0.15, 0.2) is 12.3 Å². The Kier molecular flexibility index (Phi) is 3.41. The van der Waals surface area contributed by atoms with Crippen molar-refractivity contribution in [3.05, 3.63) is 18.0 Å². The van der Waals surface area contributed by atoms with E-state index in [2.05, 4.69) is 23.4 Å². The van der Waals surface area contributed by atoms with Gasteiger partial charge >= 0.3 is 0 Å². The lowest BCUT2D eigenvalue weighted by Crippen LogP contribution is -2.40. The molecule has 1 aliphatic heterocycles. The maximum absolute atomic E-state index is 4.19. The van der Waals surface area contributed by atoms with Gasteiger partial charge in [0.2, 0.25) is 0 Å². The predicted octanol–water partition coefficient (Wildman–Crippen LogP) is 1.88. The van der Waals surface area contributed by atoms with Crippen LogP contribution in [0.3, 0.4) is 0 Å². The molecule has 0 saturated carbocycles. The Morgan fingerprint density at radius 2 is 2.40 bits per heavy atom. The van der Waals surface area contributed by atoms with Crippen LogP contribution in [0.1, 0.15) is 38.3 Å². The molecule has 1 N–H and O–H groups in total. The number of nitrogens with one attached hydrogen (secondary N) is 1. The first-order valence-electron chi connectivity index (χ1n) is 5.98. The minimum atomic E-state index is 0.704. The minimum absolute atomic E-state index is 0.704. The van der Waals surface area contributed by atoms with E-state index in [0.29, 0.717) is 12.1 Å². The molecular weight excluding hydrogens is 186 g/mol. The van der Waals surface area contributed by atoms with Gasteiger partial charge in [-0.05, 0) is 38.7 Å². The molecule has 2 unspecified atom stereocenters. The van der Waals surface area contributed by atoms with Gasteiger partial charge in [0.05, 0.1) is 0 Å². The fourth-order valence-corrected chi connectivity index (χ4v) is 2.44. The number of aromatic nitrogens is 2. The van der Waals surface area contributed by atoms with E-state index >= 15 is 0 Å². The van der Waals surface area contributed by atoms with Crippen LogP contribution in [0.4, 0.5) is 0 Å². The summed E-state index contributed by atoms with van der Waals surface area (Å²) in [6.07, 6.45) is 8.31. The van der Waals surface area contributed by atoms with Crippen LogP contribution in [0.2, 0.25) is 0 Å². The molecule has 1 aromatic rings. The second-order valence-electron chi connectivity index (χ2n) is 4.68. The van der Waals surface area contributed by atoms with Crippen LogP contribution in [-0.4, -0.2) is 21.9 Å². The Bertz CT molecular complexity index is 306. The first-order chi connectivity index (χ1) is 7.25. The standard InChI is InChI=1S/C12H21N3/c1-10-4-3-5-11(14-10)6-7-12-8-9-13-15(12)2/h8-11,14H,3-7H2,1-2H3. The Morgan fingerprint density at radius 1 is 1.53 bits per heavy atom. The molecule has 0 radical (unpaired) electrons. The van der Waals surface area contributed by atoms with Crippen LogP contribution in [0.5, 0.6) is 0 Å². The Hall–Kier alpha value is -0.830. The molecule has 2 atom stereocenters. The van der Waals surface area contributed by atoms with E-state index in [1.54, 1.807) is 0 Å². The van der Waals surface area contributed by atoms with Gasteiger partial charge in [-0.15, -0.1) is 0 Å². The van der Waals surface area contributed by atoms with E-state index in [4.69, 9.17) is 0 Å². The Labute approximate surface area is 91.9 Å². The van der Waals surface area contributed by atoms with Gasteiger partial charge in [-0.25, -0.2) is 0 Å². The lowest BCUT2D eigenvalue weighted by atomic mass is 9.96. The van der Waals surface area contributed by atoms with E-state index in [0.717, 1.165) is 6.42 Å². The highest BCUT2D eigenvalue weighted by molar-refractivity contribution is 5.00. The van der Waals surface area contributed by atoms with Crippen molar-refractivity contribution in [1.29, 1.82) is 0 Å². The monoisotopic (exact) mass is 207 g/mol. The van der Waals surface area contributed by atoms with Crippen LogP contribution < -0.4 is 5.32 Å². The highest BCUT2D eigenvalue weighted by atomic mass is 15.2. The van der Waals surface area contributed by atoms with E-state index in [1.807, 2.05) is 17.9 Å². The van der Waals surface area contributed by atoms with Crippen molar-refractivity contribution in [2.45, 2.75) is 51.1 Å². The Morgan fingerprint density at radius 3 is 3.07 bits per heavy atom. The molecule has 0 aromatic carbocycles. The summed E-state index contributed by atoms with van der Waals surface area (Å²) in [5.74, 6) is 0. The highest BCUT2D eigenvalue weighted by Gasteiger charge is 2.17. The molecule has 3 heteroatoms. The van der Waals surface area contributed by atoms with Gasteiger partial charge in [-0.3, -0.25) is 4.68 Å². The van der Waals surface area contributed by atoms with Crippen LogP contribution in [0.25, 0.3) is 0 Å². The zero-order valence-corrected chi connectivity index (χ0v) is 9.74. The fraction of sp³-hybridized carbons (Fsp3) is 0.750. The lowest BCUT2D eigenvalue weighted by molar-refractivity contribution is 0.320. The van der Waals surface area contributed by atoms with Crippen molar-refractivity contribution in [3.63, 3.8) is 0 Å². The smallest absolute Gasteiger partial charge is 0.0492 e. The second-order valence-corrected chi connectivity index (χ2v) is 4.68. The molecule has 1 aromatic heterocycles. The van der Waals surface area contributed by atoms with Gasteiger partial charge in [-0.2, -0.15) is 5.10 Å². The first-order valence-corrected chi connectivity index (χ1v) is 5.98. The van der Waals surface area contributed by atoms with Crippen molar-refractivity contribution in [3.8, 4) is 0 Å². The molecule has 0 spiro atoms. The third-order valence-corrected chi connectivity index (χ3v) is 3.38. The zero-order chi connectivity index (χ0) is 10.7. The van der Waals surface area contributed by atoms with Gasteiger partial charge in [0, 0.05) is 31.0 Å². The van der Waals surface area contributed by atoms with Gasteiger partial charge in [0.15, 0.2) is 0 Å². The van der Waals surface area contributed by atoms with E-state index < -0.39 is 0 Å². The molecule has 0 bridgehead atoms. The highest BCUT2D eigenvalue weighted by Crippen LogP contribution is 2.16. The summed E-state index contributed by atoms with van der Waals surface area (Å²) in [6, 6.07) is 3.53. The maximum Gasteiger partial charge on any atom is 0.0492 e. The molecule has 1 aliphatic rings. The van der Waals surface area contributed by atoms with Crippen molar-refractivity contribution in [1.82, 2.24) is 15.1 Å². The second kappa shape index (κ2) is 4.79. The zero-order valence-electron chi connectivity index (χ0n) is 9.74. The molecule has 0 amide bonds. The number of hydrogen-bond donors (Lipinski definition) is 1. The summed E-state index contributed by atoms with van der Waals surface area (Å²) in [5, 5.41) is 7.86. The van der Waals surface area contributed by atoms with Crippen LogP contribution >= 0.6 is 0 Å². The summed E-state index contributed by atoms with van der Waals surface area (Å²) in [4.78, 5) is 0. The number of aryl methyl sites for hydroxylation is 2. The molecule has 84 valence electrons. The summed E-state index contributed by atoms with van der Waals surface area (Å²) < 4.78 is 1.98. The fourth-order valence-electron chi connectivity index (χ4n) is 2.44. The molecule has 1 saturated heterocycles. The number of hydrogen-bond acceptors (Lipinski definition) is 2. The van der Waals surface area contributed by atoms with Crippen molar-refractivity contribution < 1.29 is 0 Å². The average Bonchev–Trinajstić information content (AvgIpc) is 2.61. The Balaban J connectivity index is 1.80. The first kappa shape index (κ1) is 10.7. The SMILES string of the molecule is CC1CCCC(CCc2ccnn2C)N1. The summed E-state index contributed by atoms with van der Waals surface area (Å²) >= 11 is 0. The molecule has 2 heterocycles. The number of rotatable bonds is 3. The summed E-state index contributed by atoms with van der Waals surface area (Å²) in [6.45, 7) is 2.29. The number of piperidine rings is 1. The topological polar surface area (TPSA) is 29.9 Å². The maximum atomic E-state index is 4.19. The number of nitrogens with zero attached hydrogens (tertiary/aromatic N) is 2. The minimum Gasteiger partial charge on any atom is -0.311 e. The van der Waals surface area contributed by atoms with Gasteiger partial charge in [-0.1, -0.05) is 6.42 Å². The van der Waals surface area contributed by atoms with E-state index in [-0.39, 0.29) is 0 Å². The largest absolute Gasteiger partial charge is 0.311 e. The molecular formula is C12H21N3. The third kappa shape index (κ3) is 2.81. The van der Waals surface area contributed by atoms with Gasteiger partial charge in [0.25, 0.3) is 0 Å². The quantitative estimate of drug-likeness (QED) is 0.820. The van der Waals surface area contributed by atoms with Gasteiger partial charge < -0.3 is 5.32 Å². The predicted molar refractivity (Wildman–Crippen MR) is 61.8 cm³/mol. The van der Waals surface area contributed by atoms with E-state index in [1.165, 1.54) is 31.4 Å². The van der Waals surface area contributed by atoms with Crippen LogP contribution in [-0.2, 0) is 13.5 Å². The summed E-state index contributed by atoms with van der Waals surface area (Å²) in [7, 11) is 2.02. The van der Waals surface area contributed by atoms with Crippen molar-refractivity contribution in [2.75, 3.05) is 0 Å². The van der Waals surface area contributed by atoms with Crippen LogP contribution in [0, 0.1) is 0 Å². The molecule has 15 heavy (non-hydrogen) atoms. The molecule has 0 aliphatic carbocycles. The molecule has 1 fully saturated rings. The van der Waals surface area contributed by atoms with Gasteiger partial charge in [0.1, 0.15) is 0 Å². The van der Waals surface area contributed by atoms with E-state index in [9.17, 15) is 0 Å². The summed E-state index contributed by atoms with van der Waals surface area (Å²) in [5.41, 5.74) is 1.34. The lowest BCUT2D eigenvalue weighted by Gasteiger charge is -2.28. The molecule has 2 rings (SSSR count). The average molecular weight is 207 g/mol.